The Balaban J connectivity index is 1.53. The summed E-state index contributed by atoms with van der Waals surface area (Å²) in [6, 6.07) is -1.10. The van der Waals surface area contributed by atoms with Gasteiger partial charge in [-0.1, -0.05) is 6.08 Å². The molecule has 3 N–H and O–H groups in total. The number of fused-ring (bicyclic) bond motifs is 1. The highest BCUT2D eigenvalue weighted by atomic mass is 32.2. The minimum atomic E-state index is -4.67. The van der Waals surface area contributed by atoms with Crippen molar-refractivity contribution in [2.75, 3.05) is 25.1 Å². The molecule has 1 aromatic rings. The SMILES string of the molecule is CN=C(C(=O)NC1C(=O)N2C(C(=O)OCC3OC(=O)OC3C)=C(/C=C/C(F)(F)F)CSC12)c1csc(N)n1. The van der Waals surface area contributed by atoms with Crippen LogP contribution in [0.2, 0.25) is 0 Å². The van der Waals surface area contributed by atoms with E-state index in [2.05, 4.69) is 15.3 Å². The maximum Gasteiger partial charge on any atom is 0.509 e. The molecule has 3 aliphatic rings. The highest BCUT2D eigenvalue weighted by Gasteiger charge is 2.54. The third-order valence-corrected chi connectivity index (χ3v) is 7.56. The smallest absolute Gasteiger partial charge is 0.457 e. The second-order valence-corrected chi connectivity index (χ2v) is 10.1. The van der Waals surface area contributed by atoms with Crippen molar-refractivity contribution in [1.82, 2.24) is 15.2 Å². The van der Waals surface area contributed by atoms with E-state index in [1.807, 2.05) is 0 Å². The van der Waals surface area contributed by atoms with Crippen LogP contribution in [0.25, 0.3) is 0 Å². The molecule has 12 nitrogen and oxygen atoms in total. The Kier molecular flexibility index (Phi) is 7.68. The molecule has 2 saturated heterocycles. The van der Waals surface area contributed by atoms with Crippen LogP contribution in [-0.4, -0.2) is 88.7 Å². The molecule has 1 aromatic heterocycles. The molecule has 17 heteroatoms. The Morgan fingerprint density at radius 1 is 1.37 bits per heavy atom. The normalized spacial score (nSPS) is 25.6. The second kappa shape index (κ2) is 10.6. The quantitative estimate of drug-likeness (QED) is 0.276. The number of cyclic esters (lactones) is 2. The number of nitrogens with zero attached hydrogens (tertiary/aromatic N) is 3. The van der Waals surface area contributed by atoms with Crippen molar-refractivity contribution in [2.45, 2.75) is 36.7 Å². The molecule has 0 bridgehead atoms. The van der Waals surface area contributed by atoms with Gasteiger partial charge in [0.25, 0.3) is 11.8 Å². The van der Waals surface area contributed by atoms with Gasteiger partial charge in [0.1, 0.15) is 41.2 Å². The molecule has 0 radical (unpaired) electrons. The van der Waals surface area contributed by atoms with Crippen molar-refractivity contribution >= 4 is 57.9 Å². The van der Waals surface area contributed by atoms with E-state index in [9.17, 15) is 32.3 Å². The highest BCUT2D eigenvalue weighted by Crippen LogP contribution is 2.41. The number of amides is 2. The zero-order valence-corrected chi connectivity index (χ0v) is 21.3. The summed E-state index contributed by atoms with van der Waals surface area (Å²) in [5.41, 5.74) is 5.24. The van der Waals surface area contributed by atoms with Crippen LogP contribution >= 0.6 is 23.1 Å². The molecule has 4 heterocycles. The lowest BCUT2D eigenvalue weighted by Crippen LogP contribution is -2.71. The van der Waals surface area contributed by atoms with Crippen LogP contribution in [0.5, 0.6) is 0 Å². The van der Waals surface area contributed by atoms with E-state index in [4.69, 9.17) is 19.9 Å². The first-order valence-corrected chi connectivity index (χ1v) is 12.8. The number of β-lactam (4-membered cyclic amide) rings is 1. The highest BCUT2D eigenvalue weighted by molar-refractivity contribution is 8.00. The Morgan fingerprint density at radius 3 is 2.68 bits per heavy atom. The molecular weight excluding hydrogens is 555 g/mol. The first-order chi connectivity index (χ1) is 17.9. The maximum absolute atomic E-state index is 13.0. The largest absolute Gasteiger partial charge is 0.509 e. The number of thiazole rings is 1. The van der Waals surface area contributed by atoms with Crippen LogP contribution in [0.4, 0.5) is 23.1 Å². The number of esters is 1. The van der Waals surface area contributed by atoms with E-state index in [0.717, 1.165) is 28.0 Å². The van der Waals surface area contributed by atoms with Crippen LogP contribution < -0.4 is 11.1 Å². The summed E-state index contributed by atoms with van der Waals surface area (Å²) in [7, 11) is 1.36. The fraction of sp³-hybridized carbons (Fsp3) is 0.429. The van der Waals surface area contributed by atoms with Gasteiger partial charge in [-0.2, -0.15) is 13.2 Å². The van der Waals surface area contributed by atoms with E-state index >= 15 is 0 Å². The van der Waals surface area contributed by atoms with Gasteiger partial charge >= 0.3 is 18.3 Å². The number of halogens is 3. The minimum Gasteiger partial charge on any atom is -0.457 e. The summed E-state index contributed by atoms with van der Waals surface area (Å²) >= 11 is 2.15. The molecule has 0 saturated carbocycles. The lowest BCUT2D eigenvalue weighted by molar-refractivity contribution is -0.153. The third kappa shape index (κ3) is 5.62. The first kappa shape index (κ1) is 27.4. The Bertz CT molecular complexity index is 1260. The number of thioether (sulfide) groups is 1. The van der Waals surface area contributed by atoms with Crippen molar-refractivity contribution in [3.05, 3.63) is 34.5 Å². The van der Waals surface area contributed by atoms with E-state index in [1.54, 1.807) is 0 Å². The fourth-order valence-corrected chi connectivity index (χ4v) is 5.63. The number of alkyl halides is 3. The van der Waals surface area contributed by atoms with Gasteiger partial charge in [0, 0.05) is 24.3 Å². The van der Waals surface area contributed by atoms with E-state index in [0.29, 0.717) is 6.08 Å². The lowest BCUT2D eigenvalue weighted by atomic mass is 10.0. The van der Waals surface area contributed by atoms with E-state index in [-0.39, 0.29) is 33.9 Å². The van der Waals surface area contributed by atoms with Gasteiger partial charge in [0.2, 0.25) is 0 Å². The summed E-state index contributed by atoms with van der Waals surface area (Å²) in [4.78, 5) is 59.0. The molecule has 4 atom stereocenters. The Hall–Kier alpha value is -3.60. The first-order valence-electron chi connectivity index (χ1n) is 10.9. The number of allylic oxidation sites excluding steroid dienone is 2. The van der Waals surface area contributed by atoms with Gasteiger partial charge in [0.15, 0.2) is 11.2 Å². The topological polar surface area (TPSA) is 163 Å². The van der Waals surface area contributed by atoms with Crippen molar-refractivity contribution < 1.29 is 46.6 Å². The number of anilines is 1. The number of nitrogens with one attached hydrogen (secondary N) is 1. The molecule has 0 aromatic carbocycles. The number of hydrogen-bond acceptors (Lipinski definition) is 12. The Morgan fingerprint density at radius 2 is 2.11 bits per heavy atom. The molecule has 3 aliphatic heterocycles. The van der Waals surface area contributed by atoms with Gasteiger partial charge in [-0.15, -0.1) is 23.1 Å². The van der Waals surface area contributed by atoms with Crippen LogP contribution in [-0.2, 0) is 28.6 Å². The van der Waals surface area contributed by atoms with Crippen molar-refractivity contribution in [1.29, 1.82) is 0 Å². The molecule has 38 heavy (non-hydrogen) atoms. The van der Waals surface area contributed by atoms with Crippen molar-refractivity contribution in [3.8, 4) is 0 Å². The van der Waals surface area contributed by atoms with Crippen molar-refractivity contribution in [3.63, 3.8) is 0 Å². The number of aromatic nitrogens is 1. The van der Waals surface area contributed by atoms with Crippen LogP contribution in [0, 0.1) is 0 Å². The number of ether oxygens (including phenoxy) is 3. The average Bonchev–Trinajstić information content (AvgIpc) is 3.42. The number of rotatable bonds is 7. The zero-order valence-electron chi connectivity index (χ0n) is 19.7. The summed E-state index contributed by atoms with van der Waals surface area (Å²) in [5, 5.41) is 3.46. The molecule has 4 unspecified atom stereocenters. The van der Waals surface area contributed by atoms with Crippen LogP contribution in [0.3, 0.4) is 0 Å². The molecule has 4 rings (SSSR count). The van der Waals surface area contributed by atoms with E-state index in [1.165, 1.54) is 19.4 Å². The third-order valence-electron chi connectivity index (χ3n) is 5.59. The number of carbonyl (C=O) groups is 4. The number of nitrogen functional groups attached to an aromatic ring is 1. The van der Waals surface area contributed by atoms with Crippen LogP contribution in [0.1, 0.15) is 12.6 Å². The fourth-order valence-electron chi connectivity index (χ4n) is 3.76. The number of hydrogen-bond donors (Lipinski definition) is 2. The van der Waals surface area contributed by atoms with Gasteiger partial charge in [0.05, 0.1) is 0 Å². The number of aliphatic imine (C=N–C) groups is 1. The van der Waals surface area contributed by atoms with Crippen LogP contribution in [0.15, 0.2) is 33.8 Å². The predicted molar refractivity (Wildman–Crippen MR) is 128 cm³/mol. The molecular formula is C21H20F3N5O7S2. The van der Waals surface area contributed by atoms with Gasteiger partial charge in [-0.05, 0) is 12.5 Å². The molecule has 2 fully saturated rings. The predicted octanol–water partition coefficient (Wildman–Crippen LogP) is 1.38. The van der Waals surface area contributed by atoms with Gasteiger partial charge < -0.3 is 25.3 Å². The Labute approximate surface area is 221 Å². The number of nitrogens with two attached hydrogens (primary N) is 1. The lowest BCUT2D eigenvalue weighted by Gasteiger charge is -2.49. The van der Waals surface area contributed by atoms with Crippen molar-refractivity contribution in [2.24, 2.45) is 4.99 Å². The second-order valence-electron chi connectivity index (χ2n) is 8.08. The minimum absolute atomic E-state index is 0.0573. The number of carbonyl (C=O) groups excluding carboxylic acids is 4. The average molecular weight is 576 g/mol. The van der Waals surface area contributed by atoms with Gasteiger partial charge in [-0.3, -0.25) is 19.5 Å². The zero-order chi connectivity index (χ0) is 27.8. The maximum atomic E-state index is 13.0. The molecule has 0 spiro atoms. The molecule has 0 aliphatic carbocycles. The van der Waals surface area contributed by atoms with E-state index < -0.39 is 66.0 Å². The summed E-state index contributed by atoms with van der Waals surface area (Å²) < 4.78 is 53.4. The summed E-state index contributed by atoms with van der Waals surface area (Å²) in [6.07, 6.45) is -6.64. The van der Waals surface area contributed by atoms with Gasteiger partial charge in [-0.25, -0.2) is 14.6 Å². The summed E-state index contributed by atoms with van der Waals surface area (Å²) in [5.74, 6) is -2.64. The summed E-state index contributed by atoms with van der Waals surface area (Å²) in [6.45, 7) is 1.06. The molecule has 204 valence electrons. The molecule has 2 amide bonds. The standard InChI is InChI=1S/C21H20F3N5O7S2/c1-8-11(36-20(33)35-8)5-34-18(32)14-9(3-4-21(22,23)24)6-37-17-13(16(31)29(14)17)28-15(30)12(26-2)10-7-38-19(25)27-10/h3-4,7-8,11,13,17H,5-6H2,1-2H3,(H2,25,27)(H,28,30)/b4-3+,26-12?. The monoisotopic (exact) mass is 575 g/mol.